The molecule has 0 radical (unpaired) electrons. The summed E-state index contributed by atoms with van der Waals surface area (Å²) in [5.74, 6) is 0.905. The first-order valence-corrected chi connectivity index (χ1v) is 13.6. The number of anilines is 1. The van der Waals surface area contributed by atoms with Crippen LogP contribution in [0.2, 0.25) is 0 Å². The first-order chi connectivity index (χ1) is 16.7. The third-order valence-electron chi connectivity index (χ3n) is 6.96. The number of rotatable bonds is 7. The van der Waals surface area contributed by atoms with Crippen LogP contribution in [0, 0.1) is 5.92 Å². The fourth-order valence-corrected chi connectivity index (χ4v) is 5.82. The SMILES string of the molecule is CN(C)S(=O)(=O)c1cccc(CN2CCN(C(=O)C3CCN(Cc4ccnc(N)c4)CC3)CC2)c1. The first kappa shape index (κ1) is 25.6. The highest BCUT2D eigenvalue weighted by molar-refractivity contribution is 7.89. The molecule has 2 aliphatic rings. The summed E-state index contributed by atoms with van der Waals surface area (Å²) in [6.45, 7) is 6.34. The van der Waals surface area contributed by atoms with E-state index >= 15 is 0 Å². The highest BCUT2D eigenvalue weighted by atomic mass is 32.2. The number of carbonyl (C=O) groups is 1. The number of nitrogen functional groups attached to an aromatic ring is 1. The maximum atomic E-state index is 13.1. The van der Waals surface area contributed by atoms with E-state index in [1.807, 2.05) is 23.1 Å². The average Bonchev–Trinajstić information content (AvgIpc) is 2.85. The Morgan fingerprint density at radius 2 is 1.60 bits per heavy atom. The Bertz CT molecular complexity index is 1120. The van der Waals surface area contributed by atoms with Crippen molar-refractivity contribution in [1.82, 2.24) is 24.0 Å². The van der Waals surface area contributed by atoms with E-state index in [-0.39, 0.29) is 11.8 Å². The molecule has 2 saturated heterocycles. The second kappa shape index (κ2) is 11.0. The van der Waals surface area contributed by atoms with Crippen molar-refractivity contribution in [1.29, 1.82) is 0 Å². The van der Waals surface area contributed by atoms with Crippen LogP contribution in [0.3, 0.4) is 0 Å². The molecule has 9 nitrogen and oxygen atoms in total. The molecule has 190 valence electrons. The van der Waals surface area contributed by atoms with E-state index in [1.54, 1.807) is 38.5 Å². The van der Waals surface area contributed by atoms with Crippen LogP contribution in [-0.4, -0.2) is 91.7 Å². The molecule has 0 spiro atoms. The summed E-state index contributed by atoms with van der Waals surface area (Å²) < 4.78 is 26.1. The van der Waals surface area contributed by atoms with Gasteiger partial charge in [-0.05, 0) is 61.3 Å². The second-order valence-electron chi connectivity index (χ2n) is 9.68. The molecule has 1 aromatic heterocycles. The Hall–Kier alpha value is -2.53. The van der Waals surface area contributed by atoms with Crippen LogP contribution >= 0.6 is 0 Å². The lowest BCUT2D eigenvalue weighted by Gasteiger charge is -2.38. The van der Waals surface area contributed by atoms with Gasteiger partial charge in [0.1, 0.15) is 5.82 Å². The lowest BCUT2D eigenvalue weighted by atomic mass is 9.94. The Kier molecular flexibility index (Phi) is 8.05. The lowest BCUT2D eigenvalue weighted by molar-refractivity contribution is -0.139. The number of nitrogens with zero attached hydrogens (tertiary/aromatic N) is 5. The van der Waals surface area contributed by atoms with E-state index in [1.165, 1.54) is 4.31 Å². The number of nitrogens with two attached hydrogens (primary N) is 1. The number of carbonyl (C=O) groups excluding carboxylic acids is 1. The summed E-state index contributed by atoms with van der Waals surface area (Å²) in [7, 11) is -0.364. The Morgan fingerprint density at radius 1 is 0.971 bits per heavy atom. The lowest BCUT2D eigenvalue weighted by Crippen LogP contribution is -2.51. The number of pyridine rings is 1. The van der Waals surface area contributed by atoms with Crippen molar-refractivity contribution in [2.45, 2.75) is 30.8 Å². The van der Waals surface area contributed by atoms with E-state index in [9.17, 15) is 13.2 Å². The largest absolute Gasteiger partial charge is 0.384 e. The topological polar surface area (TPSA) is 103 Å². The summed E-state index contributed by atoms with van der Waals surface area (Å²) >= 11 is 0. The van der Waals surface area contributed by atoms with E-state index in [4.69, 9.17) is 5.73 Å². The van der Waals surface area contributed by atoms with Crippen molar-refractivity contribution in [3.63, 3.8) is 0 Å². The molecule has 0 unspecified atom stereocenters. The molecule has 0 bridgehead atoms. The van der Waals surface area contributed by atoms with Gasteiger partial charge in [-0.25, -0.2) is 17.7 Å². The van der Waals surface area contributed by atoms with E-state index in [0.717, 1.165) is 56.7 Å². The second-order valence-corrected chi connectivity index (χ2v) is 11.8. The number of hydrogen-bond acceptors (Lipinski definition) is 7. The normalized spacial score (nSPS) is 18.8. The van der Waals surface area contributed by atoms with Gasteiger partial charge < -0.3 is 10.6 Å². The zero-order valence-corrected chi connectivity index (χ0v) is 21.5. The molecule has 2 aliphatic heterocycles. The Morgan fingerprint density at radius 3 is 2.23 bits per heavy atom. The predicted octanol–water partition coefficient (Wildman–Crippen LogP) is 1.47. The monoisotopic (exact) mass is 500 g/mol. The van der Waals surface area contributed by atoms with Gasteiger partial charge in [-0.15, -0.1) is 0 Å². The van der Waals surface area contributed by atoms with Crippen LogP contribution in [0.15, 0.2) is 47.5 Å². The van der Waals surface area contributed by atoms with E-state index in [2.05, 4.69) is 14.8 Å². The minimum atomic E-state index is -3.45. The van der Waals surface area contributed by atoms with Crippen LogP contribution in [-0.2, 0) is 27.9 Å². The van der Waals surface area contributed by atoms with Crippen LogP contribution in [0.1, 0.15) is 24.0 Å². The van der Waals surface area contributed by atoms with Gasteiger partial charge in [-0.3, -0.25) is 14.6 Å². The number of sulfonamides is 1. The fraction of sp³-hybridized carbons (Fsp3) is 0.520. The fourth-order valence-electron chi connectivity index (χ4n) is 4.85. The summed E-state index contributed by atoms with van der Waals surface area (Å²) in [5, 5.41) is 0. The van der Waals surface area contributed by atoms with Gasteiger partial charge in [0, 0.05) is 65.5 Å². The van der Waals surface area contributed by atoms with Crippen LogP contribution in [0.4, 0.5) is 5.82 Å². The van der Waals surface area contributed by atoms with Crippen molar-refractivity contribution < 1.29 is 13.2 Å². The standard InChI is InChI=1S/C25H36N6O3S/c1-28(2)35(33,34)23-5-3-4-20(16-23)18-30-12-14-31(15-13-30)25(32)22-7-10-29(11-8-22)19-21-6-9-27-24(26)17-21/h3-6,9,16-17,22H,7-8,10-15,18-19H2,1-2H3,(H2,26,27). The minimum Gasteiger partial charge on any atom is -0.384 e. The first-order valence-electron chi connectivity index (χ1n) is 12.2. The van der Waals surface area contributed by atoms with Gasteiger partial charge in [0.25, 0.3) is 0 Å². The van der Waals surface area contributed by atoms with E-state index in [0.29, 0.717) is 30.3 Å². The molecule has 1 aromatic carbocycles. The van der Waals surface area contributed by atoms with Crippen molar-refractivity contribution >= 4 is 21.7 Å². The van der Waals surface area contributed by atoms with Crippen molar-refractivity contribution in [3.05, 3.63) is 53.7 Å². The molecule has 0 aliphatic carbocycles. The number of likely N-dealkylation sites (tertiary alicyclic amines) is 1. The van der Waals surface area contributed by atoms with Crippen LogP contribution < -0.4 is 5.73 Å². The molecule has 4 rings (SSSR count). The summed E-state index contributed by atoms with van der Waals surface area (Å²) in [6.07, 6.45) is 3.50. The number of amides is 1. The maximum absolute atomic E-state index is 13.1. The number of hydrogen-bond donors (Lipinski definition) is 1. The predicted molar refractivity (Wildman–Crippen MR) is 136 cm³/mol. The number of piperazine rings is 1. The molecule has 0 atom stereocenters. The Balaban J connectivity index is 1.24. The Labute approximate surface area is 208 Å². The zero-order chi connectivity index (χ0) is 25.0. The van der Waals surface area contributed by atoms with Crippen molar-refractivity contribution in [2.24, 2.45) is 5.92 Å². The van der Waals surface area contributed by atoms with Gasteiger partial charge >= 0.3 is 0 Å². The highest BCUT2D eigenvalue weighted by Crippen LogP contribution is 2.23. The molecule has 3 heterocycles. The molecular weight excluding hydrogens is 464 g/mol. The maximum Gasteiger partial charge on any atom is 0.242 e. The van der Waals surface area contributed by atoms with Gasteiger partial charge in [0.05, 0.1) is 4.90 Å². The van der Waals surface area contributed by atoms with Crippen LogP contribution in [0.5, 0.6) is 0 Å². The summed E-state index contributed by atoms with van der Waals surface area (Å²) in [4.78, 5) is 24.2. The van der Waals surface area contributed by atoms with Crippen LogP contribution in [0.25, 0.3) is 0 Å². The molecule has 2 N–H and O–H groups in total. The molecule has 35 heavy (non-hydrogen) atoms. The quantitative estimate of drug-likeness (QED) is 0.614. The zero-order valence-electron chi connectivity index (χ0n) is 20.6. The van der Waals surface area contributed by atoms with Gasteiger partial charge in [0.2, 0.25) is 15.9 Å². The van der Waals surface area contributed by atoms with Gasteiger partial charge in [0.15, 0.2) is 0 Å². The minimum absolute atomic E-state index is 0.0910. The molecule has 1 amide bonds. The average molecular weight is 501 g/mol. The van der Waals surface area contributed by atoms with E-state index < -0.39 is 10.0 Å². The molecule has 2 aromatic rings. The number of aromatic nitrogens is 1. The third kappa shape index (κ3) is 6.38. The van der Waals surface area contributed by atoms with Crippen molar-refractivity contribution in [3.8, 4) is 0 Å². The molecular formula is C25H36N6O3S. The summed E-state index contributed by atoms with van der Waals surface area (Å²) in [5.41, 5.74) is 7.91. The van der Waals surface area contributed by atoms with Gasteiger partial charge in [-0.2, -0.15) is 0 Å². The number of piperidine rings is 1. The third-order valence-corrected chi connectivity index (χ3v) is 8.77. The molecule has 0 saturated carbocycles. The van der Waals surface area contributed by atoms with Crippen molar-refractivity contribution in [2.75, 3.05) is 59.1 Å². The summed E-state index contributed by atoms with van der Waals surface area (Å²) in [6, 6.07) is 11.0. The van der Waals surface area contributed by atoms with Gasteiger partial charge in [-0.1, -0.05) is 12.1 Å². The smallest absolute Gasteiger partial charge is 0.242 e. The molecule has 10 heteroatoms. The molecule has 2 fully saturated rings. The highest BCUT2D eigenvalue weighted by Gasteiger charge is 2.30. The number of benzene rings is 1.